The Morgan fingerprint density at radius 1 is 1.17 bits per heavy atom. The van der Waals surface area contributed by atoms with Crippen molar-refractivity contribution in [1.82, 2.24) is 10.6 Å². The first-order valence-corrected chi connectivity index (χ1v) is 8.86. The van der Waals surface area contributed by atoms with Gasteiger partial charge < -0.3 is 15.4 Å². The van der Waals surface area contributed by atoms with Crippen LogP contribution < -0.4 is 15.4 Å². The normalized spacial score (nSPS) is 10.2. The summed E-state index contributed by atoms with van der Waals surface area (Å²) in [6, 6.07) is 7.16. The number of halogens is 1. The number of unbranched alkanes of at least 4 members (excludes halogenated alkanes) is 3. The summed E-state index contributed by atoms with van der Waals surface area (Å²) < 4.78 is 5.53. The third-order valence-electron chi connectivity index (χ3n) is 3.20. The fourth-order valence-corrected chi connectivity index (χ4v) is 2.28. The summed E-state index contributed by atoms with van der Waals surface area (Å²) in [5, 5.41) is 6.82. The van der Waals surface area contributed by atoms with Gasteiger partial charge in [0, 0.05) is 18.0 Å². The Bertz CT molecular complexity index is 480. The van der Waals surface area contributed by atoms with Gasteiger partial charge in [0.25, 0.3) is 0 Å². The van der Waals surface area contributed by atoms with Gasteiger partial charge in [-0.1, -0.05) is 37.8 Å². The minimum absolute atomic E-state index is 0.0873. The Morgan fingerprint density at radius 3 is 2.61 bits per heavy atom. The fourth-order valence-electron chi connectivity index (χ4n) is 1.94. The summed E-state index contributed by atoms with van der Waals surface area (Å²) in [6.07, 6.45) is 5.70. The zero-order chi connectivity index (χ0) is 16.9. The van der Waals surface area contributed by atoms with E-state index in [1.54, 1.807) is 24.3 Å². The number of amides is 1. The van der Waals surface area contributed by atoms with Crippen molar-refractivity contribution < 1.29 is 9.53 Å². The molecule has 0 fully saturated rings. The first kappa shape index (κ1) is 19.7. The first-order valence-electron chi connectivity index (χ1n) is 8.08. The summed E-state index contributed by atoms with van der Waals surface area (Å²) in [6.45, 7) is 3.46. The van der Waals surface area contributed by atoms with E-state index in [2.05, 4.69) is 17.6 Å². The van der Waals surface area contributed by atoms with Gasteiger partial charge in [0.15, 0.2) is 5.11 Å². The maximum Gasteiger partial charge on any atom is 0.226 e. The van der Waals surface area contributed by atoms with E-state index in [9.17, 15) is 4.79 Å². The van der Waals surface area contributed by atoms with Crippen LogP contribution in [0, 0.1) is 0 Å². The van der Waals surface area contributed by atoms with Crippen molar-refractivity contribution in [3.05, 3.63) is 29.3 Å². The van der Waals surface area contributed by atoms with Crippen LogP contribution in [-0.4, -0.2) is 24.2 Å². The van der Waals surface area contributed by atoms with Gasteiger partial charge in [0.05, 0.1) is 6.61 Å². The Labute approximate surface area is 148 Å². The van der Waals surface area contributed by atoms with E-state index < -0.39 is 0 Å². The molecule has 1 amide bonds. The van der Waals surface area contributed by atoms with Crippen molar-refractivity contribution in [2.75, 3.05) is 13.2 Å². The molecule has 1 aromatic carbocycles. The van der Waals surface area contributed by atoms with Crippen LogP contribution in [0.15, 0.2) is 24.3 Å². The molecule has 0 heterocycles. The van der Waals surface area contributed by atoms with Crippen LogP contribution in [0.2, 0.25) is 5.02 Å². The van der Waals surface area contributed by atoms with Gasteiger partial charge in [0.1, 0.15) is 5.75 Å². The standard InChI is InChI=1S/C17H25ClN2O2S/c1-2-3-4-5-12-19-17(23)20-16(21)7-6-13-22-15-10-8-14(18)9-11-15/h8-11H,2-7,12-13H2,1H3,(H2,19,20,21,23). The molecule has 0 saturated heterocycles. The minimum Gasteiger partial charge on any atom is -0.494 e. The van der Waals surface area contributed by atoms with Gasteiger partial charge in [-0.05, 0) is 49.3 Å². The Morgan fingerprint density at radius 2 is 1.91 bits per heavy atom. The summed E-state index contributed by atoms with van der Waals surface area (Å²) >= 11 is 10.9. The first-order chi connectivity index (χ1) is 11.1. The molecule has 0 aromatic heterocycles. The topological polar surface area (TPSA) is 50.4 Å². The molecule has 0 unspecified atom stereocenters. The highest BCUT2D eigenvalue weighted by Crippen LogP contribution is 2.15. The largest absolute Gasteiger partial charge is 0.494 e. The molecule has 0 aliphatic heterocycles. The van der Waals surface area contributed by atoms with E-state index in [-0.39, 0.29) is 5.91 Å². The lowest BCUT2D eigenvalue weighted by Gasteiger charge is -2.10. The lowest BCUT2D eigenvalue weighted by molar-refractivity contribution is -0.119. The van der Waals surface area contributed by atoms with Crippen molar-refractivity contribution in [2.24, 2.45) is 0 Å². The molecule has 6 heteroatoms. The number of carbonyl (C=O) groups is 1. The molecule has 0 atom stereocenters. The Kier molecular flexibility index (Phi) is 10.4. The Hall–Kier alpha value is -1.33. The summed E-state index contributed by atoms with van der Waals surface area (Å²) in [5.74, 6) is 0.662. The second-order valence-corrected chi connectivity index (χ2v) is 6.12. The van der Waals surface area contributed by atoms with Crippen LogP contribution in [0.5, 0.6) is 5.75 Å². The van der Waals surface area contributed by atoms with E-state index in [1.165, 1.54) is 19.3 Å². The van der Waals surface area contributed by atoms with Crippen molar-refractivity contribution in [3.63, 3.8) is 0 Å². The second-order valence-electron chi connectivity index (χ2n) is 5.27. The third kappa shape index (κ3) is 10.1. The number of nitrogens with one attached hydrogen (secondary N) is 2. The second kappa shape index (κ2) is 12.1. The number of benzene rings is 1. The van der Waals surface area contributed by atoms with Crippen molar-refractivity contribution in [3.8, 4) is 5.75 Å². The lowest BCUT2D eigenvalue weighted by Crippen LogP contribution is -2.39. The number of thiocarbonyl (C=S) groups is 1. The molecule has 1 aromatic rings. The molecular formula is C17H25ClN2O2S. The molecule has 0 aliphatic carbocycles. The number of hydrogen-bond acceptors (Lipinski definition) is 3. The molecule has 2 N–H and O–H groups in total. The maximum atomic E-state index is 11.7. The number of hydrogen-bond donors (Lipinski definition) is 2. The molecule has 0 aliphatic rings. The van der Waals surface area contributed by atoms with Gasteiger partial charge in [-0.3, -0.25) is 4.79 Å². The van der Waals surface area contributed by atoms with E-state index in [0.717, 1.165) is 18.7 Å². The fraction of sp³-hybridized carbons (Fsp3) is 0.529. The zero-order valence-electron chi connectivity index (χ0n) is 13.6. The number of ether oxygens (including phenoxy) is 1. The Balaban J connectivity index is 2.05. The van der Waals surface area contributed by atoms with E-state index in [1.807, 2.05) is 0 Å². The van der Waals surface area contributed by atoms with Crippen LogP contribution in [0.3, 0.4) is 0 Å². The predicted octanol–water partition coefficient (Wildman–Crippen LogP) is 4.07. The number of carbonyl (C=O) groups excluding carboxylic acids is 1. The average molecular weight is 357 g/mol. The van der Waals surface area contributed by atoms with E-state index >= 15 is 0 Å². The molecule has 0 radical (unpaired) electrons. The highest BCUT2D eigenvalue weighted by Gasteiger charge is 2.04. The molecule has 4 nitrogen and oxygen atoms in total. The molecule has 0 bridgehead atoms. The van der Waals surface area contributed by atoms with E-state index in [0.29, 0.717) is 29.6 Å². The van der Waals surface area contributed by atoms with Gasteiger partial charge in [-0.15, -0.1) is 0 Å². The summed E-state index contributed by atoms with van der Waals surface area (Å²) in [4.78, 5) is 11.7. The maximum absolute atomic E-state index is 11.7. The van der Waals surface area contributed by atoms with Crippen LogP contribution in [0.25, 0.3) is 0 Å². The quantitative estimate of drug-likeness (QED) is 0.490. The molecule has 23 heavy (non-hydrogen) atoms. The van der Waals surface area contributed by atoms with Crippen molar-refractivity contribution >= 4 is 34.8 Å². The monoisotopic (exact) mass is 356 g/mol. The average Bonchev–Trinajstić information content (AvgIpc) is 2.53. The van der Waals surface area contributed by atoms with Crippen molar-refractivity contribution in [1.29, 1.82) is 0 Å². The van der Waals surface area contributed by atoms with Crippen LogP contribution >= 0.6 is 23.8 Å². The van der Waals surface area contributed by atoms with Gasteiger partial charge >= 0.3 is 0 Å². The molecule has 1 rings (SSSR count). The van der Waals surface area contributed by atoms with Crippen LogP contribution in [-0.2, 0) is 4.79 Å². The van der Waals surface area contributed by atoms with Crippen molar-refractivity contribution in [2.45, 2.75) is 45.4 Å². The SMILES string of the molecule is CCCCCCNC(=S)NC(=O)CCCOc1ccc(Cl)cc1. The smallest absolute Gasteiger partial charge is 0.226 e. The number of rotatable bonds is 10. The molecule has 0 spiro atoms. The van der Waals surface area contributed by atoms with Gasteiger partial charge in [-0.2, -0.15) is 0 Å². The summed E-state index contributed by atoms with van der Waals surface area (Å²) in [7, 11) is 0. The molecular weight excluding hydrogens is 332 g/mol. The third-order valence-corrected chi connectivity index (χ3v) is 3.70. The molecule has 128 valence electrons. The predicted molar refractivity (Wildman–Crippen MR) is 99.1 cm³/mol. The molecule has 0 saturated carbocycles. The minimum atomic E-state index is -0.0873. The van der Waals surface area contributed by atoms with Gasteiger partial charge in [0.2, 0.25) is 5.91 Å². The van der Waals surface area contributed by atoms with Crippen LogP contribution in [0.4, 0.5) is 0 Å². The highest BCUT2D eigenvalue weighted by molar-refractivity contribution is 7.80. The highest BCUT2D eigenvalue weighted by atomic mass is 35.5. The van der Waals surface area contributed by atoms with E-state index in [4.69, 9.17) is 28.6 Å². The van der Waals surface area contributed by atoms with Gasteiger partial charge in [-0.25, -0.2) is 0 Å². The van der Waals surface area contributed by atoms with Crippen LogP contribution in [0.1, 0.15) is 45.4 Å². The zero-order valence-corrected chi connectivity index (χ0v) is 15.1. The summed E-state index contributed by atoms with van der Waals surface area (Å²) in [5.41, 5.74) is 0. The lowest BCUT2D eigenvalue weighted by atomic mass is 10.2.